The second-order valence-corrected chi connectivity index (χ2v) is 10.5. The molecule has 0 bridgehead atoms. The highest BCUT2D eigenvalue weighted by Crippen LogP contribution is 2.28. The van der Waals surface area contributed by atoms with E-state index in [1.54, 1.807) is 0 Å². The van der Waals surface area contributed by atoms with Gasteiger partial charge in [0.25, 0.3) is 5.91 Å². The monoisotopic (exact) mass is 559 g/mol. The van der Waals surface area contributed by atoms with Gasteiger partial charge in [-0.1, -0.05) is 26.3 Å². The van der Waals surface area contributed by atoms with E-state index in [0.717, 1.165) is 36.3 Å². The van der Waals surface area contributed by atoms with Gasteiger partial charge in [-0.2, -0.15) is 5.10 Å². The lowest BCUT2D eigenvalue weighted by molar-refractivity contribution is 0.102. The van der Waals surface area contributed by atoms with Crippen LogP contribution in [0.15, 0.2) is 48.9 Å². The zero-order chi connectivity index (χ0) is 28.8. The lowest BCUT2D eigenvalue weighted by Gasteiger charge is -2.30. The van der Waals surface area contributed by atoms with Gasteiger partial charge in [-0.3, -0.25) is 19.8 Å². The maximum absolute atomic E-state index is 14.9. The Morgan fingerprint density at radius 2 is 1.80 bits per heavy atom. The molecule has 1 amide bonds. The highest BCUT2D eigenvalue weighted by molar-refractivity contribution is 6.11. The number of nitrogens with one attached hydrogen (secondary N) is 2. The van der Waals surface area contributed by atoms with E-state index in [1.807, 2.05) is 49.3 Å². The molecule has 10 heteroatoms. The predicted molar refractivity (Wildman–Crippen MR) is 159 cm³/mol. The summed E-state index contributed by atoms with van der Waals surface area (Å²) in [6.45, 7) is 8.19. The molecular formula is C31H38FN7O2. The average molecular weight is 560 g/mol. The van der Waals surface area contributed by atoms with Crippen LogP contribution < -0.4 is 10.2 Å². The van der Waals surface area contributed by atoms with Crippen LogP contribution in [0.5, 0.6) is 0 Å². The average Bonchev–Trinajstić information content (AvgIpc) is 3.43. The number of fused-ring (bicyclic) bond motifs is 1. The van der Waals surface area contributed by atoms with Crippen LogP contribution in [0.1, 0.15) is 62.0 Å². The van der Waals surface area contributed by atoms with Gasteiger partial charge in [0, 0.05) is 49.0 Å². The summed E-state index contributed by atoms with van der Waals surface area (Å²) in [5.74, 6) is -0.744. The van der Waals surface area contributed by atoms with Crippen LogP contribution in [-0.2, 0) is 6.54 Å². The number of H-pyrrole nitrogens is 1. The van der Waals surface area contributed by atoms with Gasteiger partial charge in [-0.15, -0.1) is 0 Å². The van der Waals surface area contributed by atoms with Crippen molar-refractivity contribution in [1.82, 2.24) is 25.1 Å². The fourth-order valence-corrected chi connectivity index (χ4v) is 5.47. The molecular weight excluding hydrogens is 521 g/mol. The number of hydrogen-bond acceptors (Lipinski definition) is 7. The van der Waals surface area contributed by atoms with Crippen molar-refractivity contribution in [2.24, 2.45) is 0 Å². The fourth-order valence-electron chi connectivity index (χ4n) is 5.47. The zero-order valence-corrected chi connectivity index (χ0v) is 23.7. The normalized spacial score (nSPS) is 16.3. The molecule has 2 fully saturated rings. The van der Waals surface area contributed by atoms with Gasteiger partial charge in [-0.05, 0) is 68.1 Å². The van der Waals surface area contributed by atoms with Crippen LogP contribution in [0.2, 0.25) is 0 Å². The molecule has 0 radical (unpaired) electrons. The maximum atomic E-state index is 14.9. The van der Waals surface area contributed by atoms with Crippen LogP contribution in [0.25, 0.3) is 22.0 Å². The molecule has 2 saturated heterocycles. The summed E-state index contributed by atoms with van der Waals surface area (Å²) in [6.07, 6.45) is 9.78. The molecule has 5 heterocycles. The first-order chi connectivity index (χ1) is 20.0. The summed E-state index contributed by atoms with van der Waals surface area (Å²) in [5.41, 5.74) is 4.28. The van der Waals surface area contributed by atoms with Crippen LogP contribution in [-0.4, -0.2) is 68.4 Å². The highest BCUT2D eigenvalue weighted by atomic mass is 19.1. The van der Waals surface area contributed by atoms with Crippen LogP contribution in [0, 0.1) is 5.82 Å². The Bertz CT molecular complexity index is 1480. The SMILES string of the molecule is CC.O=C(Nc1cnc(N2CCC(O)CC2)c(F)c1)c1n[nH]c2ccc(-c3cncc(CN4CCCCC4)c3)cc12. The summed E-state index contributed by atoms with van der Waals surface area (Å²) in [4.78, 5) is 26.1. The van der Waals surface area contributed by atoms with Crippen molar-refractivity contribution in [3.63, 3.8) is 0 Å². The predicted octanol–water partition coefficient (Wildman–Crippen LogP) is 5.38. The Hall–Kier alpha value is -3.89. The minimum Gasteiger partial charge on any atom is -0.393 e. The van der Waals surface area contributed by atoms with Crippen molar-refractivity contribution in [2.75, 3.05) is 36.4 Å². The van der Waals surface area contributed by atoms with E-state index in [-0.39, 0.29) is 23.3 Å². The molecule has 1 aromatic carbocycles. The van der Waals surface area contributed by atoms with Crippen LogP contribution >= 0.6 is 0 Å². The zero-order valence-electron chi connectivity index (χ0n) is 23.7. The third-order valence-corrected chi connectivity index (χ3v) is 7.60. The number of anilines is 2. The number of aliphatic hydroxyl groups excluding tert-OH is 1. The third kappa shape index (κ3) is 6.71. The van der Waals surface area contributed by atoms with Gasteiger partial charge in [0.15, 0.2) is 17.3 Å². The number of carbonyl (C=O) groups is 1. The minimum absolute atomic E-state index is 0.221. The molecule has 41 heavy (non-hydrogen) atoms. The molecule has 216 valence electrons. The van der Waals surface area contributed by atoms with E-state index in [0.29, 0.717) is 31.3 Å². The van der Waals surface area contributed by atoms with Crippen molar-refractivity contribution >= 4 is 28.3 Å². The Kier molecular flexibility index (Phi) is 9.21. The largest absolute Gasteiger partial charge is 0.393 e. The number of halogens is 1. The number of nitrogens with zero attached hydrogens (tertiary/aromatic N) is 5. The smallest absolute Gasteiger partial charge is 0.276 e. The van der Waals surface area contributed by atoms with Gasteiger partial charge in [-0.25, -0.2) is 9.37 Å². The van der Waals surface area contributed by atoms with E-state index < -0.39 is 11.7 Å². The van der Waals surface area contributed by atoms with Crippen molar-refractivity contribution in [2.45, 2.75) is 58.6 Å². The van der Waals surface area contributed by atoms with Crippen LogP contribution in [0.4, 0.5) is 15.9 Å². The van der Waals surface area contributed by atoms with Gasteiger partial charge in [0.05, 0.1) is 23.5 Å². The molecule has 0 spiro atoms. The molecule has 0 aliphatic carbocycles. The first-order valence-electron chi connectivity index (χ1n) is 14.6. The second-order valence-electron chi connectivity index (χ2n) is 10.5. The first-order valence-corrected chi connectivity index (χ1v) is 14.6. The Morgan fingerprint density at radius 3 is 2.56 bits per heavy atom. The molecule has 2 aliphatic rings. The van der Waals surface area contributed by atoms with E-state index in [4.69, 9.17) is 0 Å². The van der Waals surface area contributed by atoms with E-state index in [1.165, 1.54) is 37.1 Å². The molecule has 2 aliphatic heterocycles. The number of carbonyl (C=O) groups excluding carboxylic acids is 1. The van der Waals surface area contributed by atoms with Crippen molar-refractivity contribution < 1.29 is 14.3 Å². The number of amides is 1. The molecule has 6 rings (SSSR count). The van der Waals surface area contributed by atoms with Crippen LogP contribution in [0.3, 0.4) is 0 Å². The third-order valence-electron chi connectivity index (χ3n) is 7.60. The van der Waals surface area contributed by atoms with Gasteiger partial charge >= 0.3 is 0 Å². The molecule has 3 N–H and O–H groups in total. The molecule has 3 aromatic heterocycles. The first kappa shape index (κ1) is 28.6. The lowest BCUT2D eigenvalue weighted by Crippen LogP contribution is -2.36. The van der Waals surface area contributed by atoms with Crippen molar-refractivity contribution in [3.05, 3.63) is 66.0 Å². The number of aromatic nitrogens is 4. The summed E-state index contributed by atoms with van der Waals surface area (Å²) >= 11 is 0. The van der Waals surface area contributed by atoms with E-state index in [2.05, 4.69) is 36.4 Å². The summed E-state index contributed by atoms with van der Waals surface area (Å²) in [6, 6.07) is 9.24. The summed E-state index contributed by atoms with van der Waals surface area (Å²) < 4.78 is 14.9. The number of aliphatic hydroxyl groups is 1. The van der Waals surface area contributed by atoms with Gasteiger partial charge < -0.3 is 15.3 Å². The fraction of sp³-hybridized carbons (Fsp3) is 0.419. The molecule has 4 aromatic rings. The number of hydrogen-bond donors (Lipinski definition) is 3. The van der Waals surface area contributed by atoms with E-state index >= 15 is 0 Å². The highest BCUT2D eigenvalue weighted by Gasteiger charge is 2.22. The lowest BCUT2D eigenvalue weighted by atomic mass is 10.0. The standard InChI is InChI=1S/C29H32FN7O2.C2H6/c30-25-14-22(17-32-28(25)37-10-6-23(38)7-11-37)33-29(39)27-24-13-20(4-5-26(24)34-35-27)21-12-19(15-31-16-21)18-36-8-2-1-3-9-36;1-2/h4-5,12-17,23,38H,1-3,6-11,18H2,(H,33,39)(H,34,35);1-2H3. The minimum atomic E-state index is -0.518. The number of likely N-dealkylation sites (tertiary alicyclic amines) is 1. The van der Waals surface area contributed by atoms with E-state index in [9.17, 15) is 14.3 Å². The number of benzene rings is 1. The Labute approximate surface area is 239 Å². The quantitative estimate of drug-likeness (QED) is 0.291. The topological polar surface area (TPSA) is 110 Å². The maximum Gasteiger partial charge on any atom is 0.276 e. The molecule has 0 atom stereocenters. The van der Waals surface area contributed by atoms with Gasteiger partial charge in [0.2, 0.25) is 0 Å². The van der Waals surface area contributed by atoms with Crippen molar-refractivity contribution in [3.8, 4) is 11.1 Å². The molecule has 0 unspecified atom stereocenters. The Morgan fingerprint density at radius 1 is 1.02 bits per heavy atom. The number of piperidine rings is 2. The summed E-state index contributed by atoms with van der Waals surface area (Å²) in [7, 11) is 0. The number of aromatic amines is 1. The molecule has 0 saturated carbocycles. The number of pyridine rings is 2. The van der Waals surface area contributed by atoms with Gasteiger partial charge in [0.1, 0.15) is 0 Å². The van der Waals surface area contributed by atoms with Crippen molar-refractivity contribution in [1.29, 1.82) is 0 Å². The molecule has 9 nitrogen and oxygen atoms in total. The second kappa shape index (κ2) is 13.2. The number of rotatable bonds is 6. The Balaban J connectivity index is 0.00000165. The summed E-state index contributed by atoms with van der Waals surface area (Å²) in [5, 5.41) is 20.3.